The highest BCUT2D eigenvalue weighted by molar-refractivity contribution is 6.03. The summed E-state index contributed by atoms with van der Waals surface area (Å²) in [5, 5.41) is 2.88. The molecule has 1 aliphatic rings. The van der Waals surface area contributed by atoms with Crippen molar-refractivity contribution in [3.05, 3.63) is 59.2 Å². The minimum absolute atomic E-state index is 0.105. The van der Waals surface area contributed by atoms with Crippen molar-refractivity contribution >= 4 is 23.2 Å². The Hall–Kier alpha value is -2.82. The lowest BCUT2D eigenvalue weighted by molar-refractivity contribution is -0.134. The molecule has 0 atom stereocenters. The molecule has 1 saturated heterocycles. The molecular formula is C23H29N3O2. The lowest BCUT2D eigenvalue weighted by atomic mass is 10.1. The monoisotopic (exact) mass is 379 g/mol. The van der Waals surface area contributed by atoms with E-state index < -0.39 is 0 Å². The van der Waals surface area contributed by atoms with Crippen molar-refractivity contribution in [3.63, 3.8) is 0 Å². The van der Waals surface area contributed by atoms with Crippen LogP contribution in [0.15, 0.2) is 42.5 Å². The number of carbonyl (C=O) groups excluding carboxylic acids is 2. The second kappa shape index (κ2) is 8.91. The summed E-state index contributed by atoms with van der Waals surface area (Å²) in [4.78, 5) is 29.0. The highest BCUT2D eigenvalue weighted by atomic mass is 16.2. The molecule has 1 N–H and O–H groups in total. The molecular weight excluding hydrogens is 350 g/mol. The fourth-order valence-electron chi connectivity index (χ4n) is 3.67. The van der Waals surface area contributed by atoms with Crippen molar-refractivity contribution in [3.8, 4) is 0 Å². The summed E-state index contributed by atoms with van der Waals surface area (Å²) in [5.74, 6) is -0.352. The molecule has 0 bridgehead atoms. The van der Waals surface area contributed by atoms with Crippen molar-refractivity contribution in [2.45, 2.75) is 33.6 Å². The number of carbonyl (C=O) groups is 2. The minimum atomic E-state index is -0.247. The Morgan fingerprint density at radius 1 is 0.964 bits per heavy atom. The van der Waals surface area contributed by atoms with Gasteiger partial charge in [0.2, 0.25) is 11.8 Å². The zero-order valence-electron chi connectivity index (χ0n) is 17.0. The molecule has 1 heterocycles. The van der Waals surface area contributed by atoms with E-state index in [0.29, 0.717) is 13.1 Å². The zero-order chi connectivity index (χ0) is 20.1. The molecule has 5 nitrogen and oxygen atoms in total. The predicted molar refractivity (Wildman–Crippen MR) is 114 cm³/mol. The Labute approximate surface area is 167 Å². The highest BCUT2D eigenvalue weighted by Crippen LogP contribution is 2.24. The van der Waals surface area contributed by atoms with Gasteiger partial charge in [-0.2, -0.15) is 0 Å². The van der Waals surface area contributed by atoms with Crippen LogP contribution >= 0.6 is 0 Å². The summed E-state index contributed by atoms with van der Waals surface area (Å²) in [6.07, 6.45) is 0.728. The summed E-state index contributed by atoms with van der Waals surface area (Å²) in [6, 6.07) is 14.0. The summed E-state index contributed by atoms with van der Waals surface area (Å²) < 4.78 is 0. The van der Waals surface area contributed by atoms with E-state index in [0.717, 1.165) is 30.8 Å². The fourth-order valence-corrected chi connectivity index (χ4v) is 3.67. The van der Waals surface area contributed by atoms with Gasteiger partial charge in [-0.25, -0.2) is 0 Å². The molecule has 5 heteroatoms. The average molecular weight is 380 g/mol. The molecule has 28 heavy (non-hydrogen) atoms. The molecule has 0 radical (unpaired) electrons. The van der Waals surface area contributed by atoms with E-state index in [1.165, 1.54) is 16.8 Å². The highest BCUT2D eigenvalue weighted by Gasteiger charge is 2.24. The van der Waals surface area contributed by atoms with Crippen LogP contribution in [0.2, 0.25) is 0 Å². The van der Waals surface area contributed by atoms with E-state index in [1.54, 1.807) is 4.90 Å². The number of benzene rings is 2. The Balaban J connectivity index is 1.54. The van der Waals surface area contributed by atoms with Gasteiger partial charge in [0.05, 0.1) is 0 Å². The third kappa shape index (κ3) is 4.53. The molecule has 0 saturated carbocycles. The number of nitrogens with one attached hydrogen (secondary N) is 1. The summed E-state index contributed by atoms with van der Waals surface area (Å²) in [5.41, 5.74) is 5.67. The topological polar surface area (TPSA) is 52.7 Å². The maximum absolute atomic E-state index is 12.6. The molecule has 0 aromatic heterocycles. The Morgan fingerprint density at radius 3 is 2.39 bits per heavy atom. The molecule has 0 aliphatic carbocycles. The third-order valence-corrected chi connectivity index (χ3v) is 5.53. The number of rotatable bonds is 5. The lowest BCUT2D eigenvalue weighted by Gasteiger charge is -2.37. The van der Waals surface area contributed by atoms with E-state index in [1.807, 2.05) is 31.2 Å². The van der Waals surface area contributed by atoms with Gasteiger partial charge >= 0.3 is 0 Å². The van der Waals surface area contributed by atoms with Gasteiger partial charge in [-0.05, 0) is 49.1 Å². The van der Waals surface area contributed by atoms with Gasteiger partial charge in [0, 0.05) is 37.6 Å². The molecule has 3 rings (SSSR count). The van der Waals surface area contributed by atoms with Gasteiger partial charge in [0.25, 0.3) is 0 Å². The number of anilines is 2. The first-order chi connectivity index (χ1) is 13.5. The minimum Gasteiger partial charge on any atom is -0.368 e. The van der Waals surface area contributed by atoms with E-state index in [-0.39, 0.29) is 18.2 Å². The Morgan fingerprint density at radius 2 is 1.68 bits per heavy atom. The van der Waals surface area contributed by atoms with E-state index in [4.69, 9.17) is 0 Å². The van der Waals surface area contributed by atoms with Crippen molar-refractivity contribution in [1.82, 2.24) is 4.90 Å². The van der Waals surface area contributed by atoms with Gasteiger partial charge in [-0.15, -0.1) is 0 Å². The number of hydrogen-bond acceptors (Lipinski definition) is 3. The van der Waals surface area contributed by atoms with Crippen LogP contribution in [0.1, 0.15) is 30.0 Å². The molecule has 1 aliphatic heterocycles. The second-order valence-electron chi connectivity index (χ2n) is 7.32. The number of nitrogens with zero attached hydrogens (tertiary/aromatic N) is 2. The van der Waals surface area contributed by atoms with Crippen LogP contribution in [0.5, 0.6) is 0 Å². The fraction of sp³-hybridized carbons (Fsp3) is 0.391. The van der Waals surface area contributed by atoms with Crippen molar-refractivity contribution in [2.75, 3.05) is 36.4 Å². The number of aryl methyl sites for hydroxylation is 2. The number of piperazine rings is 1. The smallest absolute Gasteiger partial charge is 0.233 e. The van der Waals surface area contributed by atoms with Crippen molar-refractivity contribution < 1.29 is 9.59 Å². The van der Waals surface area contributed by atoms with E-state index in [2.05, 4.69) is 42.3 Å². The van der Waals surface area contributed by atoms with Gasteiger partial charge < -0.3 is 15.1 Å². The van der Waals surface area contributed by atoms with Crippen molar-refractivity contribution in [2.24, 2.45) is 0 Å². The molecule has 2 aromatic rings. The maximum atomic E-state index is 12.6. The summed E-state index contributed by atoms with van der Waals surface area (Å²) in [7, 11) is 0. The number of amides is 2. The molecule has 2 amide bonds. The average Bonchev–Trinajstić information content (AvgIpc) is 2.70. The van der Waals surface area contributed by atoms with Gasteiger partial charge in [0.15, 0.2) is 0 Å². The van der Waals surface area contributed by atoms with Crippen LogP contribution in [0, 0.1) is 13.8 Å². The first-order valence-electron chi connectivity index (χ1n) is 9.96. The van der Waals surface area contributed by atoms with Gasteiger partial charge in [0.1, 0.15) is 6.42 Å². The van der Waals surface area contributed by atoms with Crippen LogP contribution in [-0.4, -0.2) is 42.9 Å². The standard InChI is InChI=1S/C23H29N3O2/c1-4-19-9-5-6-10-20(19)24-22(27)16-23(28)26-14-12-25(13-15-26)21-11-7-8-17(2)18(21)3/h5-11H,4,12-16H2,1-3H3,(H,24,27). The Bertz CT molecular complexity index is 855. The number of hydrogen-bond donors (Lipinski definition) is 1. The van der Waals surface area contributed by atoms with Gasteiger partial charge in [-0.1, -0.05) is 37.3 Å². The van der Waals surface area contributed by atoms with Crippen LogP contribution in [-0.2, 0) is 16.0 Å². The predicted octanol–water partition coefficient (Wildman–Crippen LogP) is 3.54. The first-order valence-corrected chi connectivity index (χ1v) is 9.96. The molecule has 1 fully saturated rings. The van der Waals surface area contributed by atoms with Crippen LogP contribution < -0.4 is 10.2 Å². The molecule has 148 valence electrons. The second-order valence-corrected chi connectivity index (χ2v) is 7.32. The molecule has 2 aromatic carbocycles. The first kappa shape index (κ1) is 19.9. The van der Waals surface area contributed by atoms with Crippen LogP contribution in [0.4, 0.5) is 11.4 Å². The van der Waals surface area contributed by atoms with Gasteiger partial charge in [-0.3, -0.25) is 9.59 Å². The quantitative estimate of drug-likeness (QED) is 0.809. The van der Waals surface area contributed by atoms with Crippen LogP contribution in [0.25, 0.3) is 0 Å². The van der Waals surface area contributed by atoms with E-state index >= 15 is 0 Å². The summed E-state index contributed by atoms with van der Waals surface area (Å²) in [6.45, 7) is 9.17. The zero-order valence-corrected chi connectivity index (χ0v) is 17.0. The molecule has 0 spiro atoms. The third-order valence-electron chi connectivity index (χ3n) is 5.53. The van der Waals surface area contributed by atoms with E-state index in [9.17, 15) is 9.59 Å². The lowest BCUT2D eigenvalue weighted by Crippen LogP contribution is -2.49. The van der Waals surface area contributed by atoms with Crippen molar-refractivity contribution in [1.29, 1.82) is 0 Å². The SMILES string of the molecule is CCc1ccccc1NC(=O)CC(=O)N1CCN(c2cccc(C)c2C)CC1. The normalized spacial score (nSPS) is 14.1. The molecule has 0 unspecified atom stereocenters. The Kier molecular flexibility index (Phi) is 6.34. The van der Waals surface area contributed by atoms with Crippen LogP contribution in [0.3, 0.4) is 0 Å². The number of para-hydroxylation sites is 1. The largest absolute Gasteiger partial charge is 0.368 e. The maximum Gasteiger partial charge on any atom is 0.233 e. The summed E-state index contributed by atoms with van der Waals surface area (Å²) >= 11 is 0.